The van der Waals surface area contributed by atoms with Gasteiger partial charge >= 0.3 is 0 Å². The van der Waals surface area contributed by atoms with Crippen LogP contribution in [0.3, 0.4) is 0 Å². The smallest absolute Gasteiger partial charge is 0.123 e. The van der Waals surface area contributed by atoms with E-state index in [2.05, 4.69) is 5.32 Å². The Labute approximate surface area is 146 Å². The van der Waals surface area contributed by atoms with Crippen LogP contribution in [0.5, 0.6) is 11.5 Å². The normalized spacial score (nSPS) is 11.2. The standard InChI is InChI=1S/C19H20N2O4/c1-3-24-16-9-14(10-17(11-16)25-4-2)18(19(22)23)21-15-7-5-13(12-20)6-8-15/h5-11,18,21H,3-4H2,1-2H3,(H,22,23)/p-1. The molecule has 1 atom stereocenters. The van der Waals surface area contributed by atoms with Crippen LogP contribution in [0.25, 0.3) is 0 Å². The molecule has 1 unspecified atom stereocenters. The number of nitrogens with one attached hydrogen (secondary N) is 1. The minimum Gasteiger partial charge on any atom is -0.548 e. The van der Waals surface area contributed by atoms with Gasteiger partial charge in [0.25, 0.3) is 0 Å². The number of rotatable bonds is 8. The molecule has 25 heavy (non-hydrogen) atoms. The van der Waals surface area contributed by atoms with Gasteiger partial charge in [-0.15, -0.1) is 0 Å². The Morgan fingerprint density at radius 3 is 2.12 bits per heavy atom. The number of carboxylic acid groups (broad SMARTS) is 1. The largest absolute Gasteiger partial charge is 0.548 e. The Morgan fingerprint density at radius 2 is 1.68 bits per heavy atom. The van der Waals surface area contributed by atoms with Crippen molar-refractivity contribution in [3.63, 3.8) is 0 Å². The fourth-order valence-electron chi connectivity index (χ4n) is 2.35. The number of benzene rings is 2. The van der Waals surface area contributed by atoms with Crippen LogP contribution in [-0.2, 0) is 4.79 Å². The van der Waals surface area contributed by atoms with E-state index in [1.807, 2.05) is 19.9 Å². The van der Waals surface area contributed by atoms with Crippen LogP contribution in [0.4, 0.5) is 5.69 Å². The molecule has 0 saturated heterocycles. The van der Waals surface area contributed by atoms with E-state index in [4.69, 9.17) is 14.7 Å². The van der Waals surface area contributed by atoms with E-state index in [9.17, 15) is 9.90 Å². The number of carbonyl (C=O) groups is 1. The van der Waals surface area contributed by atoms with Crippen LogP contribution in [0.2, 0.25) is 0 Å². The lowest BCUT2D eigenvalue weighted by Gasteiger charge is -2.23. The molecule has 0 bridgehead atoms. The Kier molecular flexibility index (Phi) is 6.24. The first-order valence-electron chi connectivity index (χ1n) is 7.95. The molecular formula is C19H19N2O4-. The van der Waals surface area contributed by atoms with E-state index in [1.54, 1.807) is 42.5 Å². The molecule has 0 spiro atoms. The highest BCUT2D eigenvalue weighted by Crippen LogP contribution is 2.29. The lowest BCUT2D eigenvalue weighted by molar-refractivity contribution is -0.307. The average molecular weight is 339 g/mol. The van der Waals surface area contributed by atoms with Gasteiger partial charge in [-0.1, -0.05) is 0 Å². The Balaban J connectivity index is 2.34. The Morgan fingerprint density at radius 1 is 1.12 bits per heavy atom. The minimum atomic E-state index is -1.28. The molecule has 0 saturated carbocycles. The molecule has 0 aliphatic rings. The molecule has 2 aromatic carbocycles. The Hall–Kier alpha value is -3.20. The number of carbonyl (C=O) groups excluding carboxylic acids is 1. The third-order valence-electron chi connectivity index (χ3n) is 3.42. The van der Waals surface area contributed by atoms with Crippen LogP contribution in [-0.4, -0.2) is 19.2 Å². The van der Waals surface area contributed by atoms with Crippen molar-refractivity contribution in [1.82, 2.24) is 0 Å². The van der Waals surface area contributed by atoms with E-state index in [-0.39, 0.29) is 0 Å². The van der Waals surface area contributed by atoms with Gasteiger partial charge in [0.1, 0.15) is 11.5 Å². The van der Waals surface area contributed by atoms with Gasteiger partial charge in [0.15, 0.2) is 0 Å². The Bertz CT molecular complexity index is 742. The molecule has 1 N–H and O–H groups in total. The summed E-state index contributed by atoms with van der Waals surface area (Å²) in [6, 6.07) is 12.4. The van der Waals surface area contributed by atoms with Crippen molar-refractivity contribution in [2.45, 2.75) is 19.9 Å². The van der Waals surface area contributed by atoms with Crippen molar-refractivity contribution < 1.29 is 19.4 Å². The zero-order valence-electron chi connectivity index (χ0n) is 14.1. The third kappa shape index (κ3) is 4.88. The molecule has 130 valence electrons. The lowest BCUT2D eigenvalue weighted by Crippen LogP contribution is -2.34. The molecule has 0 aromatic heterocycles. The number of aliphatic carboxylic acids is 1. The molecule has 6 heteroatoms. The van der Waals surface area contributed by atoms with Gasteiger partial charge in [-0.3, -0.25) is 0 Å². The van der Waals surface area contributed by atoms with Crippen molar-refractivity contribution in [2.75, 3.05) is 18.5 Å². The van der Waals surface area contributed by atoms with Gasteiger partial charge in [0, 0.05) is 11.8 Å². The SMILES string of the molecule is CCOc1cc(OCC)cc(C(Nc2ccc(C#N)cc2)C(=O)[O-])c1. The van der Waals surface area contributed by atoms with Gasteiger partial charge in [0.05, 0.1) is 36.9 Å². The van der Waals surface area contributed by atoms with Crippen LogP contribution in [0.15, 0.2) is 42.5 Å². The van der Waals surface area contributed by atoms with Crippen molar-refractivity contribution in [3.8, 4) is 17.6 Å². The number of ether oxygens (including phenoxy) is 2. The minimum absolute atomic E-state index is 0.452. The van der Waals surface area contributed by atoms with E-state index in [0.29, 0.717) is 41.5 Å². The summed E-state index contributed by atoms with van der Waals surface area (Å²) < 4.78 is 11.0. The summed E-state index contributed by atoms with van der Waals surface area (Å²) in [7, 11) is 0. The molecule has 0 aliphatic carbocycles. The molecule has 2 aromatic rings. The summed E-state index contributed by atoms with van der Waals surface area (Å²) in [4.78, 5) is 11.7. The molecule has 0 aliphatic heterocycles. The van der Waals surface area contributed by atoms with Gasteiger partial charge < -0.3 is 24.7 Å². The maximum Gasteiger partial charge on any atom is 0.123 e. The van der Waals surface area contributed by atoms with Crippen LogP contribution in [0.1, 0.15) is 31.0 Å². The van der Waals surface area contributed by atoms with Crippen LogP contribution < -0.4 is 19.9 Å². The molecule has 0 fully saturated rings. The maximum atomic E-state index is 11.7. The van der Waals surface area contributed by atoms with E-state index >= 15 is 0 Å². The van der Waals surface area contributed by atoms with Crippen molar-refractivity contribution in [1.29, 1.82) is 5.26 Å². The fourth-order valence-corrected chi connectivity index (χ4v) is 2.35. The summed E-state index contributed by atoms with van der Waals surface area (Å²) in [5.74, 6) is -0.229. The number of hydrogen-bond acceptors (Lipinski definition) is 6. The maximum absolute atomic E-state index is 11.7. The first kappa shape index (κ1) is 18.1. The van der Waals surface area contributed by atoms with E-state index in [0.717, 1.165) is 0 Å². The first-order valence-corrected chi connectivity index (χ1v) is 7.95. The molecule has 0 amide bonds. The summed E-state index contributed by atoms with van der Waals surface area (Å²) >= 11 is 0. The van der Waals surface area contributed by atoms with Gasteiger partial charge in [-0.25, -0.2) is 0 Å². The second-order valence-corrected chi connectivity index (χ2v) is 5.19. The first-order chi connectivity index (χ1) is 12.1. The molecule has 2 rings (SSSR count). The molecular weight excluding hydrogens is 320 g/mol. The monoisotopic (exact) mass is 339 g/mol. The molecule has 0 radical (unpaired) electrons. The quantitative estimate of drug-likeness (QED) is 0.793. The van der Waals surface area contributed by atoms with E-state index in [1.165, 1.54) is 0 Å². The van der Waals surface area contributed by atoms with Gasteiger partial charge in [0.2, 0.25) is 0 Å². The highest BCUT2D eigenvalue weighted by molar-refractivity contribution is 5.78. The summed E-state index contributed by atoms with van der Waals surface area (Å²) in [5.41, 5.74) is 1.51. The number of hydrogen-bond donors (Lipinski definition) is 1. The molecule has 6 nitrogen and oxygen atoms in total. The second kappa shape index (κ2) is 8.60. The third-order valence-corrected chi connectivity index (χ3v) is 3.42. The average Bonchev–Trinajstić information content (AvgIpc) is 2.60. The predicted molar refractivity (Wildman–Crippen MR) is 91.3 cm³/mol. The van der Waals surface area contributed by atoms with Gasteiger partial charge in [-0.05, 0) is 55.8 Å². The van der Waals surface area contributed by atoms with Crippen molar-refractivity contribution in [2.24, 2.45) is 0 Å². The highest BCUT2D eigenvalue weighted by Gasteiger charge is 2.16. The second-order valence-electron chi connectivity index (χ2n) is 5.19. The molecule has 0 heterocycles. The number of nitriles is 1. The number of anilines is 1. The van der Waals surface area contributed by atoms with Gasteiger partial charge in [-0.2, -0.15) is 5.26 Å². The van der Waals surface area contributed by atoms with E-state index < -0.39 is 12.0 Å². The topological polar surface area (TPSA) is 94.4 Å². The van der Waals surface area contributed by atoms with Crippen molar-refractivity contribution >= 4 is 11.7 Å². The zero-order chi connectivity index (χ0) is 18.2. The summed E-state index contributed by atoms with van der Waals surface area (Å²) in [5, 5.41) is 23.4. The number of nitrogens with zero attached hydrogens (tertiary/aromatic N) is 1. The lowest BCUT2D eigenvalue weighted by atomic mass is 10.1. The van der Waals surface area contributed by atoms with Crippen LogP contribution >= 0.6 is 0 Å². The number of carboxylic acids is 1. The summed E-state index contributed by atoms with van der Waals surface area (Å²) in [6.07, 6.45) is 0. The summed E-state index contributed by atoms with van der Waals surface area (Å²) in [6.45, 7) is 4.60. The van der Waals surface area contributed by atoms with Crippen LogP contribution in [0, 0.1) is 11.3 Å². The predicted octanol–water partition coefficient (Wildman–Crippen LogP) is 2.26. The fraction of sp³-hybridized carbons (Fsp3) is 0.263. The highest BCUT2D eigenvalue weighted by atomic mass is 16.5. The van der Waals surface area contributed by atoms with Crippen molar-refractivity contribution in [3.05, 3.63) is 53.6 Å². The zero-order valence-corrected chi connectivity index (χ0v) is 14.1.